The standard InChI is InChI=1S/C14H16ClNOS/c1-10-8-18-9-11(10)6-16-7-14(17)12-4-2-3-5-13(12)15/h2-5,8-9,14,16-17H,6-7H2,1H3. The highest BCUT2D eigenvalue weighted by atomic mass is 35.5. The Morgan fingerprint density at radius 2 is 2.11 bits per heavy atom. The largest absolute Gasteiger partial charge is 0.387 e. The molecule has 0 saturated heterocycles. The van der Waals surface area contributed by atoms with Crippen LogP contribution in [0.5, 0.6) is 0 Å². The van der Waals surface area contributed by atoms with Gasteiger partial charge in [0, 0.05) is 23.7 Å². The van der Waals surface area contributed by atoms with E-state index < -0.39 is 6.10 Å². The van der Waals surface area contributed by atoms with Crippen LogP contribution in [0.2, 0.25) is 5.02 Å². The third-order valence-electron chi connectivity index (χ3n) is 2.88. The summed E-state index contributed by atoms with van der Waals surface area (Å²) in [5, 5.41) is 18.2. The monoisotopic (exact) mass is 281 g/mol. The molecule has 1 unspecified atom stereocenters. The minimum absolute atomic E-state index is 0.499. The molecule has 2 rings (SSSR count). The second-order valence-corrected chi connectivity index (χ2v) is 5.40. The third-order valence-corrected chi connectivity index (χ3v) is 4.13. The number of halogens is 1. The Bertz CT molecular complexity index is 512. The average Bonchev–Trinajstić information content (AvgIpc) is 2.75. The molecule has 0 aliphatic carbocycles. The maximum absolute atomic E-state index is 10.1. The molecule has 2 N–H and O–H groups in total. The molecular weight excluding hydrogens is 266 g/mol. The van der Waals surface area contributed by atoms with Crippen molar-refractivity contribution in [3.63, 3.8) is 0 Å². The molecule has 0 fully saturated rings. The summed E-state index contributed by atoms with van der Waals surface area (Å²) in [5.74, 6) is 0. The third kappa shape index (κ3) is 3.33. The van der Waals surface area contributed by atoms with Crippen molar-refractivity contribution < 1.29 is 5.11 Å². The smallest absolute Gasteiger partial charge is 0.0928 e. The Balaban J connectivity index is 1.87. The number of aliphatic hydroxyl groups excluding tert-OH is 1. The van der Waals surface area contributed by atoms with E-state index >= 15 is 0 Å². The number of hydrogen-bond acceptors (Lipinski definition) is 3. The first kappa shape index (κ1) is 13.6. The van der Waals surface area contributed by atoms with Crippen LogP contribution in [0.1, 0.15) is 22.8 Å². The van der Waals surface area contributed by atoms with Crippen LogP contribution in [-0.2, 0) is 6.54 Å². The lowest BCUT2D eigenvalue weighted by Gasteiger charge is -2.13. The number of thiophene rings is 1. The minimum Gasteiger partial charge on any atom is -0.387 e. The molecule has 2 nitrogen and oxygen atoms in total. The van der Waals surface area contributed by atoms with Gasteiger partial charge in [-0.1, -0.05) is 29.8 Å². The first-order valence-electron chi connectivity index (χ1n) is 5.83. The van der Waals surface area contributed by atoms with Gasteiger partial charge in [0.2, 0.25) is 0 Å². The van der Waals surface area contributed by atoms with Gasteiger partial charge >= 0.3 is 0 Å². The Kier molecular flexibility index (Phi) is 4.78. The number of rotatable bonds is 5. The number of benzene rings is 1. The molecule has 0 saturated carbocycles. The zero-order valence-corrected chi connectivity index (χ0v) is 11.8. The summed E-state index contributed by atoms with van der Waals surface area (Å²) in [4.78, 5) is 0. The van der Waals surface area contributed by atoms with E-state index in [1.165, 1.54) is 11.1 Å². The number of nitrogens with one attached hydrogen (secondary N) is 1. The average molecular weight is 282 g/mol. The molecule has 96 valence electrons. The lowest BCUT2D eigenvalue weighted by Crippen LogP contribution is -2.21. The molecule has 1 heterocycles. The van der Waals surface area contributed by atoms with Gasteiger partial charge in [0.25, 0.3) is 0 Å². The fraction of sp³-hybridized carbons (Fsp3) is 0.286. The normalized spacial score (nSPS) is 12.6. The van der Waals surface area contributed by atoms with E-state index in [0.717, 1.165) is 12.1 Å². The van der Waals surface area contributed by atoms with E-state index in [1.807, 2.05) is 18.2 Å². The Hall–Kier alpha value is -0.870. The molecule has 0 aliphatic heterocycles. The molecule has 1 aromatic heterocycles. The van der Waals surface area contributed by atoms with Gasteiger partial charge in [-0.25, -0.2) is 0 Å². The van der Waals surface area contributed by atoms with Gasteiger partial charge in [0.1, 0.15) is 0 Å². The molecule has 0 radical (unpaired) electrons. The van der Waals surface area contributed by atoms with Crippen molar-refractivity contribution in [1.29, 1.82) is 0 Å². The zero-order chi connectivity index (χ0) is 13.0. The quantitative estimate of drug-likeness (QED) is 0.879. The summed E-state index contributed by atoms with van der Waals surface area (Å²) >= 11 is 7.74. The summed E-state index contributed by atoms with van der Waals surface area (Å²) in [6.07, 6.45) is -0.572. The first-order valence-corrected chi connectivity index (χ1v) is 7.15. The summed E-state index contributed by atoms with van der Waals surface area (Å²) in [6, 6.07) is 7.39. The highest BCUT2D eigenvalue weighted by molar-refractivity contribution is 7.08. The summed E-state index contributed by atoms with van der Waals surface area (Å²) in [5.41, 5.74) is 3.35. The number of hydrogen-bond donors (Lipinski definition) is 2. The summed E-state index contributed by atoms with van der Waals surface area (Å²) in [6.45, 7) is 3.37. The Morgan fingerprint density at radius 1 is 1.33 bits per heavy atom. The van der Waals surface area contributed by atoms with Crippen LogP contribution in [-0.4, -0.2) is 11.7 Å². The zero-order valence-electron chi connectivity index (χ0n) is 10.2. The lowest BCUT2D eigenvalue weighted by atomic mass is 10.1. The highest BCUT2D eigenvalue weighted by Crippen LogP contribution is 2.22. The molecule has 0 aliphatic rings. The first-order chi connectivity index (χ1) is 8.68. The number of aliphatic hydroxyl groups is 1. The minimum atomic E-state index is -0.572. The van der Waals surface area contributed by atoms with Gasteiger partial charge in [-0.2, -0.15) is 11.3 Å². The summed E-state index contributed by atoms with van der Waals surface area (Å²) in [7, 11) is 0. The van der Waals surface area contributed by atoms with Crippen molar-refractivity contribution in [2.75, 3.05) is 6.54 Å². The van der Waals surface area contributed by atoms with Gasteiger partial charge in [0.05, 0.1) is 6.10 Å². The topological polar surface area (TPSA) is 32.3 Å². The van der Waals surface area contributed by atoms with Gasteiger partial charge < -0.3 is 10.4 Å². The predicted octanol–water partition coefficient (Wildman–Crippen LogP) is 3.53. The van der Waals surface area contributed by atoms with E-state index in [0.29, 0.717) is 11.6 Å². The van der Waals surface area contributed by atoms with Crippen molar-refractivity contribution in [2.45, 2.75) is 19.6 Å². The SMILES string of the molecule is Cc1cscc1CNCC(O)c1ccccc1Cl. The molecule has 18 heavy (non-hydrogen) atoms. The van der Waals surface area contributed by atoms with Crippen LogP contribution in [0.15, 0.2) is 35.0 Å². The second-order valence-electron chi connectivity index (χ2n) is 4.25. The van der Waals surface area contributed by atoms with Crippen LogP contribution in [0.3, 0.4) is 0 Å². The molecule has 0 spiro atoms. The maximum Gasteiger partial charge on any atom is 0.0928 e. The summed E-state index contributed by atoms with van der Waals surface area (Å²) < 4.78 is 0. The molecular formula is C14H16ClNOS. The van der Waals surface area contributed by atoms with Crippen LogP contribution in [0, 0.1) is 6.92 Å². The molecule has 2 aromatic rings. The van der Waals surface area contributed by atoms with Crippen molar-refractivity contribution in [2.24, 2.45) is 0 Å². The van der Waals surface area contributed by atoms with Crippen molar-refractivity contribution in [3.05, 3.63) is 56.7 Å². The van der Waals surface area contributed by atoms with Crippen LogP contribution >= 0.6 is 22.9 Å². The second kappa shape index (κ2) is 6.34. The fourth-order valence-corrected chi connectivity index (χ4v) is 2.89. The number of aryl methyl sites for hydroxylation is 1. The molecule has 1 aromatic carbocycles. The predicted molar refractivity (Wildman–Crippen MR) is 77.2 cm³/mol. The molecule has 0 bridgehead atoms. The van der Waals surface area contributed by atoms with Crippen LogP contribution in [0.4, 0.5) is 0 Å². The van der Waals surface area contributed by atoms with E-state index in [4.69, 9.17) is 11.6 Å². The van der Waals surface area contributed by atoms with Gasteiger partial charge in [0.15, 0.2) is 0 Å². The molecule has 1 atom stereocenters. The van der Waals surface area contributed by atoms with Crippen molar-refractivity contribution in [1.82, 2.24) is 5.32 Å². The van der Waals surface area contributed by atoms with Crippen LogP contribution in [0.25, 0.3) is 0 Å². The van der Waals surface area contributed by atoms with E-state index in [-0.39, 0.29) is 0 Å². The maximum atomic E-state index is 10.1. The molecule has 0 amide bonds. The van der Waals surface area contributed by atoms with Gasteiger partial charge in [-0.3, -0.25) is 0 Å². The van der Waals surface area contributed by atoms with Crippen molar-refractivity contribution in [3.8, 4) is 0 Å². The van der Waals surface area contributed by atoms with E-state index in [9.17, 15) is 5.11 Å². The fourth-order valence-electron chi connectivity index (χ4n) is 1.77. The Morgan fingerprint density at radius 3 is 2.78 bits per heavy atom. The van der Waals surface area contributed by atoms with Gasteiger partial charge in [-0.15, -0.1) is 0 Å². The molecule has 4 heteroatoms. The van der Waals surface area contributed by atoms with Crippen molar-refractivity contribution >= 4 is 22.9 Å². The lowest BCUT2D eigenvalue weighted by molar-refractivity contribution is 0.174. The van der Waals surface area contributed by atoms with Gasteiger partial charge in [-0.05, 0) is 34.9 Å². The van der Waals surface area contributed by atoms with E-state index in [2.05, 4.69) is 23.0 Å². The van der Waals surface area contributed by atoms with E-state index in [1.54, 1.807) is 17.4 Å². The van der Waals surface area contributed by atoms with Crippen LogP contribution < -0.4 is 5.32 Å². The highest BCUT2D eigenvalue weighted by Gasteiger charge is 2.10. The Labute approximate surface area is 116 Å².